The summed E-state index contributed by atoms with van der Waals surface area (Å²) in [7, 11) is 0. The number of carbonyl (C=O) groups is 1. The van der Waals surface area contributed by atoms with E-state index in [0.717, 1.165) is 40.8 Å². The lowest BCUT2D eigenvalue weighted by Crippen LogP contribution is -2.25. The second-order valence-electron chi connectivity index (χ2n) is 8.80. The SMILES string of the molecule is CC(C)(C)c1cc(NC(=O)n2ccc3cc(Oc4ncnc5c4CCNC5)ccc32)on1. The quantitative estimate of drug-likeness (QED) is 0.499. The molecule has 0 radical (unpaired) electrons. The smallest absolute Gasteiger partial charge is 0.332 e. The van der Waals surface area contributed by atoms with Crippen molar-refractivity contribution in [3.05, 3.63) is 59.8 Å². The van der Waals surface area contributed by atoms with Crippen molar-refractivity contribution in [2.75, 3.05) is 11.9 Å². The molecular weight excluding hydrogens is 408 g/mol. The van der Waals surface area contributed by atoms with E-state index in [-0.39, 0.29) is 11.4 Å². The fourth-order valence-electron chi connectivity index (χ4n) is 3.67. The van der Waals surface area contributed by atoms with Gasteiger partial charge in [0.1, 0.15) is 12.1 Å². The third kappa shape index (κ3) is 3.82. The van der Waals surface area contributed by atoms with Crippen molar-refractivity contribution in [1.29, 1.82) is 0 Å². The number of nitrogens with one attached hydrogen (secondary N) is 2. The van der Waals surface area contributed by atoms with Crippen LogP contribution in [0, 0.1) is 0 Å². The highest BCUT2D eigenvalue weighted by Crippen LogP contribution is 2.29. The number of hydrogen-bond donors (Lipinski definition) is 2. The molecule has 3 aromatic heterocycles. The molecule has 0 unspecified atom stereocenters. The molecule has 9 nitrogen and oxygen atoms in total. The first kappa shape index (κ1) is 20.2. The molecule has 1 aliphatic rings. The number of anilines is 1. The number of rotatable bonds is 3. The molecule has 1 aromatic carbocycles. The molecule has 32 heavy (non-hydrogen) atoms. The summed E-state index contributed by atoms with van der Waals surface area (Å²) in [6.07, 6.45) is 4.06. The molecule has 4 aromatic rings. The maximum Gasteiger partial charge on any atom is 0.332 e. The van der Waals surface area contributed by atoms with Gasteiger partial charge in [0.15, 0.2) is 0 Å². The van der Waals surface area contributed by atoms with Crippen LogP contribution in [0.5, 0.6) is 11.6 Å². The lowest BCUT2D eigenvalue weighted by Gasteiger charge is -2.18. The van der Waals surface area contributed by atoms with E-state index in [1.54, 1.807) is 12.3 Å². The van der Waals surface area contributed by atoms with E-state index < -0.39 is 0 Å². The van der Waals surface area contributed by atoms with E-state index in [1.807, 2.05) is 45.0 Å². The van der Waals surface area contributed by atoms with Crippen molar-refractivity contribution in [3.8, 4) is 11.6 Å². The van der Waals surface area contributed by atoms with Crippen molar-refractivity contribution in [2.24, 2.45) is 0 Å². The van der Waals surface area contributed by atoms with E-state index in [0.29, 0.717) is 24.1 Å². The average molecular weight is 432 g/mol. The summed E-state index contributed by atoms with van der Waals surface area (Å²) in [5.41, 5.74) is 3.36. The minimum Gasteiger partial charge on any atom is -0.439 e. The Morgan fingerprint density at radius 1 is 1.22 bits per heavy atom. The minimum absolute atomic E-state index is 0.164. The molecule has 1 amide bonds. The predicted molar refractivity (Wildman–Crippen MR) is 119 cm³/mol. The van der Waals surface area contributed by atoms with Crippen LogP contribution in [0.2, 0.25) is 0 Å². The average Bonchev–Trinajstić information content (AvgIpc) is 3.41. The number of carbonyl (C=O) groups excluding carboxylic acids is 1. The molecule has 0 spiro atoms. The maximum absolute atomic E-state index is 12.8. The number of fused-ring (bicyclic) bond motifs is 2. The van der Waals surface area contributed by atoms with Gasteiger partial charge >= 0.3 is 6.03 Å². The van der Waals surface area contributed by atoms with Crippen LogP contribution in [-0.4, -0.2) is 32.3 Å². The molecule has 0 fully saturated rings. The summed E-state index contributed by atoms with van der Waals surface area (Å²) in [5.74, 6) is 1.54. The van der Waals surface area contributed by atoms with Gasteiger partial charge in [-0.05, 0) is 37.2 Å². The number of ether oxygens (including phenoxy) is 1. The first-order valence-corrected chi connectivity index (χ1v) is 10.5. The van der Waals surface area contributed by atoms with Gasteiger partial charge in [0, 0.05) is 35.2 Å². The van der Waals surface area contributed by atoms with Gasteiger partial charge in [-0.2, -0.15) is 0 Å². The lowest BCUT2D eigenvalue weighted by molar-refractivity contribution is 0.253. The van der Waals surface area contributed by atoms with Crippen LogP contribution in [-0.2, 0) is 18.4 Å². The van der Waals surface area contributed by atoms with Crippen LogP contribution in [0.3, 0.4) is 0 Å². The van der Waals surface area contributed by atoms with E-state index in [2.05, 4.69) is 25.8 Å². The summed E-state index contributed by atoms with van der Waals surface area (Å²) in [6, 6.07) is 8.84. The van der Waals surface area contributed by atoms with Crippen LogP contribution in [0.15, 0.2) is 47.4 Å². The van der Waals surface area contributed by atoms with Crippen LogP contribution < -0.4 is 15.4 Å². The van der Waals surface area contributed by atoms with Gasteiger partial charge in [0.25, 0.3) is 0 Å². The molecule has 0 saturated carbocycles. The van der Waals surface area contributed by atoms with E-state index in [9.17, 15) is 4.79 Å². The fraction of sp³-hybridized carbons (Fsp3) is 0.304. The molecule has 0 atom stereocenters. The Balaban J connectivity index is 1.36. The van der Waals surface area contributed by atoms with Crippen molar-refractivity contribution in [2.45, 2.75) is 39.2 Å². The molecule has 5 rings (SSSR count). The van der Waals surface area contributed by atoms with Crippen molar-refractivity contribution in [3.63, 3.8) is 0 Å². The molecule has 4 heterocycles. The summed E-state index contributed by atoms with van der Waals surface area (Å²) in [5, 5.41) is 11.0. The molecule has 0 saturated heterocycles. The van der Waals surface area contributed by atoms with Crippen molar-refractivity contribution < 1.29 is 14.1 Å². The number of hydrogen-bond acceptors (Lipinski definition) is 7. The van der Waals surface area contributed by atoms with Gasteiger partial charge in [0.2, 0.25) is 11.8 Å². The Labute approximate surface area is 184 Å². The summed E-state index contributed by atoms with van der Waals surface area (Å²) in [6.45, 7) is 7.68. The van der Waals surface area contributed by atoms with Gasteiger partial charge in [-0.3, -0.25) is 9.88 Å². The Morgan fingerprint density at radius 3 is 2.91 bits per heavy atom. The number of aromatic nitrogens is 4. The number of nitrogens with zero attached hydrogens (tertiary/aromatic N) is 4. The highest BCUT2D eigenvalue weighted by Gasteiger charge is 2.21. The lowest BCUT2D eigenvalue weighted by atomic mass is 9.92. The minimum atomic E-state index is -0.331. The zero-order chi connectivity index (χ0) is 22.3. The third-order valence-corrected chi connectivity index (χ3v) is 5.44. The number of benzene rings is 1. The summed E-state index contributed by atoms with van der Waals surface area (Å²) >= 11 is 0. The van der Waals surface area contributed by atoms with Crippen LogP contribution >= 0.6 is 0 Å². The normalized spacial score (nSPS) is 13.7. The highest BCUT2D eigenvalue weighted by molar-refractivity contribution is 5.98. The van der Waals surface area contributed by atoms with E-state index in [1.165, 1.54) is 10.9 Å². The van der Waals surface area contributed by atoms with Gasteiger partial charge in [-0.1, -0.05) is 25.9 Å². The largest absolute Gasteiger partial charge is 0.439 e. The predicted octanol–water partition coefficient (Wildman–Crippen LogP) is 4.24. The standard InChI is InChI=1S/C23H24N6O3/c1-23(2,3)19-11-20(32-28-19)27-22(30)29-9-7-14-10-15(4-5-18(14)29)31-21-16-6-8-24-12-17(16)25-13-26-21/h4-5,7,9-11,13,24H,6,8,12H2,1-3H3,(H,27,30). The summed E-state index contributed by atoms with van der Waals surface area (Å²) < 4.78 is 12.9. The van der Waals surface area contributed by atoms with Gasteiger partial charge in [0.05, 0.1) is 16.9 Å². The van der Waals surface area contributed by atoms with E-state index in [4.69, 9.17) is 9.26 Å². The van der Waals surface area contributed by atoms with Crippen LogP contribution in [0.25, 0.3) is 10.9 Å². The Morgan fingerprint density at radius 2 is 2.09 bits per heavy atom. The van der Waals surface area contributed by atoms with Gasteiger partial charge in [-0.25, -0.2) is 14.8 Å². The second-order valence-corrected chi connectivity index (χ2v) is 8.80. The van der Waals surface area contributed by atoms with E-state index >= 15 is 0 Å². The maximum atomic E-state index is 12.8. The van der Waals surface area contributed by atoms with Crippen LogP contribution in [0.4, 0.5) is 10.7 Å². The monoisotopic (exact) mass is 432 g/mol. The molecule has 164 valence electrons. The topological polar surface area (TPSA) is 107 Å². The first-order valence-electron chi connectivity index (χ1n) is 10.5. The molecular formula is C23H24N6O3. The fourth-order valence-corrected chi connectivity index (χ4v) is 3.67. The van der Waals surface area contributed by atoms with Gasteiger partial charge in [-0.15, -0.1) is 0 Å². The Bertz CT molecular complexity index is 1300. The second kappa shape index (κ2) is 7.76. The van der Waals surface area contributed by atoms with Crippen molar-refractivity contribution in [1.82, 2.24) is 25.0 Å². The molecule has 9 heteroatoms. The number of amides is 1. The Hall–Kier alpha value is -3.72. The molecule has 2 N–H and O–H groups in total. The zero-order valence-corrected chi connectivity index (χ0v) is 18.2. The molecule has 0 aliphatic carbocycles. The molecule has 1 aliphatic heterocycles. The zero-order valence-electron chi connectivity index (χ0n) is 18.2. The first-order chi connectivity index (χ1) is 15.4. The highest BCUT2D eigenvalue weighted by atomic mass is 16.5. The van der Waals surface area contributed by atoms with Crippen LogP contribution in [0.1, 0.15) is 37.7 Å². The summed E-state index contributed by atoms with van der Waals surface area (Å²) in [4.78, 5) is 21.4. The third-order valence-electron chi connectivity index (χ3n) is 5.44. The van der Waals surface area contributed by atoms with Gasteiger partial charge < -0.3 is 14.6 Å². The molecule has 0 bridgehead atoms. The van der Waals surface area contributed by atoms with Crippen molar-refractivity contribution >= 4 is 22.8 Å². The Kier molecular flexibility index (Phi) is 4.90.